The predicted octanol–water partition coefficient (Wildman–Crippen LogP) is 8.04. The third kappa shape index (κ3) is 4.65. The number of fused-ring (bicyclic) bond motifs is 3. The summed E-state index contributed by atoms with van der Waals surface area (Å²) >= 11 is 0. The first kappa shape index (κ1) is 21.9. The standard InChI is InChI=1S/C26H28F4O/c1-2-3-4-5-16-6-12-20-18(14-16)9-13-21-22(20)15-23(27)24(25(21)28)17-7-10-19(11-8-17)31-26(29)30/h4-5,7-8,10-11,15-16,18,20,26H,2-3,6,9,12-14H2,1H3/b5-4+/t16-,18-,20+/m1/s1. The van der Waals surface area contributed by atoms with E-state index in [2.05, 4.69) is 23.8 Å². The maximum atomic E-state index is 15.5. The summed E-state index contributed by atoms with van der Waals surface area (Å²) in [5.41, 5.74) is 1.68. The molecule has 0 heterocycles. The van der Waals surface area contributed by atoms with Crippen molar-refractivity contribution in [2.24, 2.45) is 11.8 Å². The van der Waals surface area contributed by atoms with Crippen LogP contribution < -0.4 is 4.74 Å². The van der Waals surface area contributed by atoms with Crippen molar-refractivity contribution in [3.05, 3.63) is 65.2 Å². The number of halogens is 4. The van der Waals surface area contributed by atoms with Crippen molar-refractivity contribution in [1.29, 1.82) is 0 Å². The number of rotatable bonds is 6. The molecule has 2 aliphatic rings. The molecule has 0 aromatic heterocycles. The van der Waals surface area contributed by atoms with E-state index in [1.54, 1.807) is 0 Å². The summed E-state index contributed by atoms with van der Waals surface area (Å²) in [6, 6.07) is 6.98. The highest BCUT2D eigenvalue weighted by Gasteiger charge is 2.37. The largest absolute Gasteiger partial charge is 0.435 e. The average Bonchev–Trinajstić information content (AvgIpc) is 2.74. The molecule has 166 valence electrons. The topological polar surface area (TPSA) is 9.23 Å². The summed E-state index contributed by atoms with van der Waals surface area (Å²) < 4.78 is 59.6. The van der Waals surface area contributed by atoms with Crippen molar-refractivity contribution < 1.29 is 22.3 Å². The average molecular weight is 433 g/mol. The quantitative estimate of drug-likeness (QED) is 0.332. The van der Waals surface area contributed by atoms with Gasteiger partial charge < -0.3 is 4.74 Å². The van der Waals surface area contributed by atoms with Crippen molar-refractivity contribution in [2.75, 3.05) is 0 Å². The van der Waals surface area contributed by atoms with Crippen LogP contribution in [0.3, 0.4) is 0 Å². The lowest BCUT2D eigenvalue weighted by atomic mass is 9.65. The smallest absolute Gasteiger partial charge is 0.387 e. The Hall–Kier alpha value is -2.30. The van der Waals surface area contributed by atoms with Gasteiger partial charge >= 0.3 is 6.61 Å². The van der Waals surface area contributed by atoms with Crippen LogP contribution in [-0.2, 0) is 6.42 Å². The zero-order chi connectivity index (χ0) is 22.0. The Morgan fingerprint density at radius 2 is 1.87 bits per heavy atom. The van der Waals surface area contributed by atoms with E-state index in [9.17, 15) is 8.78 Å². The minimum absolute atomic E-state index is 0.0369. The van der Waals surface area contributed by atoms with Gasteiger partial charge in [0.1, 0.15) is 17.4 Å². The van der Waals surface area contributed by atoms with Gasteiger partial charge in [0.25, 0.3) is 0 Å². The van der Waals surface area contributed by atoms with Crippen molar-refractivity contribution in [2.45, 2.75) is 64.4 Å². The molecule has 4 rings (SSSR count). The molecule has 0 unspecified atom stereocenters. The zero-order valence-corrected chi connectivity index (χ0v) is 17.7. The molecule has 2 aliphatic carbocycles. The highest BCUT2D eigenvalue weighted by atomic mass is 19.3. The summed E-state index contributed by atoms with van der Waals surface area (Å²) in [6.07, 6.45) is 11.5. The van der Waals surface area contributed by atoms with E-state index in [1.165, 1.54) is 30.3 Å². The number of hydrogen-bond donors (Lipinski definition) is 0. The molecule has 2 aromatic rings. The van der Waals surface area contributed by atoms with E-state index in [1.807, 2.05) is 0 Å². The van der Waals surface area contributed by atoms with Crippen LogP contribution in [0.1, 0.15) is 62.5 Å². The van der Waals surface area contributed by atoms with Crippen LogP contribution >= 0.6 is 0 Å². The molecule has 5 heteroatoms. The Balaban J connectivity index is 1.58. The maximum absolute atomic E-state index is 15.5. The molecule has 0 N–H and O–H groups in total. The Labute approximate surface area is 181 Å². The molecule has 2 aromatic carbocycles. The van der Waals surface area contributed by atoms with Crippen LogP contribution in [0.15, 0.2) is 42.5 Å². The lowest BCUT2D eigenvalue weighted by Gasteiger charge is -2.40. The fraction of sp³-hybridized carbons (Fsp3) is 0.462. The Morgan fingerprint density at radius 3 is 2.58 bits per heavy atom. The number of hydrogen-bond acceptors (Lipinski definition) is 1. The summed E-state index contributed by atoms with van der Waals surface area (Å²) in [5.74, 6) is 0.0974. The van der Waals surface area contributed by atoms with Crippen LogP contribution in [0.5, 0.6) is 5.75 Å². The molecule has 0 saturated heterocycles. The molecule has 1 saturated carbocycles. The van der Waals surface area contributed by atoms with Gasteiger partial charge in [-0.3, -0.25) is 0 Å². The monoisotopic (exact) mass is 432 g/mol. The summed E-state index contributed by atoms with van der Waals surface area (Å²) in [7, 11) is 0. The molecule has 0 amide bonds. The summed E-state index contributed by atoms with van der Waals surface area (Å²) in [6.45, 7) is -0.768. The van der Waals surface area contributed by atoms with Crippen LogP contribution in [-0.4, -0.2) is 6.61 Å². The van der Waals surface area contributed by atoms with E-state index in [0.717, 1.165) is 44.1 Å². The Bertz CT molecular complexity index is 935. The number of unbranched alkanes of at least 4 members (excludes halogenated alkanes) is 1. The van der Waals surface area contributed by atoms with Gasteiger partial charge in [-0.2, -0.15) is 8.78 Å². The van der Waals surface area contributed by atoms with Crippen molar-refractivity contribution in [1.82, 2.24) is 0 Å². The summed E-state index contributed by atoms with van der Waals surface area (Å²) in [5, 5.41) is 0. The van der Waals surface area contributed by atoms with Gasteiger partial charge in [0.05, 0.1) is 5.56 Å². The van der Waals surface area contributed by atoms with Gasteiger partial charge in [0, 0.05) is 0 Å². The maximum Gasteiger partial charge on any atom is 0.387 e. The van der Waals surface area contributed by atoms with Gasteiger partial charge in [-0.1, -0.05) is 37.6 Å². The second-order valence-corrected chi connectivity index (χ2v) is 8.71. The van der Waals surface area contributed by atoms with Crippen molar-refractivity contribution >= 4 is 0 Å². The SMILES string of the molecule is CCC/C=C/[C@@H]1CC[C@@H]2c3cc(F)c(-c4ccc(OC(F)F)cc4)c(F)c3CC[C@@H]2C1. The number of allylic oxidation sites excluding steroid dienone is 2. The van der Waals surface area contributed by atoms with Gasteiger partial charge in [0.2, 0.25) is 0 Å². The molecule has 0 bridgehead atoms. The van der Waals surface area contributed by atoms with Gasteiger partial charge in [0.15, 0.2) is 0 Å². The van der Waals surface area contributed by atoms with Crippen LogP contribution in [0, 0.1) is 23.5 Å². The van der Waals surface area contributed by atoms with E-state index in [-0.39, 0.29) is 17.2 Å². The second kappa shape index (κ2) is 9.46. The number of ether oxygens (including phenoxy) is 1. The van der Waals surface area contributed by atoms with Gasteiger partial charge in [-0.05, 0) is 91.2 Å². The van der Waals surface area contributed by atoms with Gasteiger partial charge in [-0.25, -0.2) is 8.78 Å². The highest BCUT2D eigenvalue weighted by Crippen LogP contribution is 2.49. The first-order chi connectivity index (χ1) is 15.0. The minimum atomic E-state index is -2.94. The highest BCUT2D eigenvalue weighted by molar-refractivity contribution is 5.68. The fourth-order valence-electron chi connectivity index (χ4n) is 5.32. The van der Waals surface area contributed by atoms with E-state index in [4.69, 9.17) is 0 Å². The third-order valence-electron chi connectivity index (χ3n) is 6.77. The lowest BCUT2D eigenvalue weighted by molar-refractivity contribution is -0.0498. The Morgan fingerprint density at radius 1 is 1.10 bits per heavy atom. The van der Waals surface area contributed by atoms with E-state index < -0.39 is 18.2 Å². The van der Waals surface area contributed by atoms with Crippen LogP contribution in [0.4, 0.5) is 17.6 Å². The molecule has 0 spiro atoms. The number of alkyl halides is 2. The number of benzene rings is 2. The van der Waals surface area contributed by atoms with Crippen molar-refractivity contribution in [3.63, 3.8) is 0 Å². The lowest BCUT2D eigenvalue weighted by Crippen LogP contribution is -2.28. The van der Waals surface area contributed by atoms with Crippen LogP contribution in [0.25, 0.3) is 11.1 Å². The molecule has 31 heavy (non-hydrogen) atoms. The zero-order valence-electron chi connectivity index (χ0n) is 17.7. The van der Waals surface area contributed by atoms with Crippen LogP contribution in [0.2, 0.25) is 0 Å². The molecule has 0 radical (unpaired) electrons. The first-order valence-electron chi connectivity index (χ1n) is 11.2. The molecular formula is C26H28F4O. The van der Waals surface area contributed by atoms with E-state index in [0.29, 0.717) is 29.4 Å². The minimum Gasteiger partial charge on any atom is -0.435 e. The second-order valence-electron chi connectivity index (χ2n) is 8.71. The molecule has 0 aliphatic heterocycles. The third-order valence-corrected chi connectivity index (χ3v) is 6.77. The Kier molecular flexibility index (Phi) is 6.68. The molecule has 1 nitrogen and oxygen atoms in total. The van der Waals surface area contributed by atoms with Gasteiger partial charge in [-0.15, -0.1) is 0 Å². The van der Waals surface area contributed by atoms with E-state index >= 15 is 8.78 Å². The molecule has 3 atom stereocenters. The summed E-state index contributed by atoms with van der Waals surface area (Å²) in [4.78, 5) is 0. The molecular weight excluding hydrogens is 404 g/mol. The first-order valence-corrected chi connectivity index (χ1v) is 11.2. The fourth-order valence-corrected chi connectivity index (χ4v) is 5.32. The van der Waals surface area contributed by atoms with Crippen molar-refractivity contribution in [3.8, 4) is 16.9 Å². The molecule has 1 fully saturated rings. The predicted molar refractivity (Wildman–Crippen MR) is 114 cm³/mol. The normalized spacial score (nSPS) is 23.1.